The second-order valence-corrected chi connectivity index (χ2v) is 4.53. The van der Waals surface area contributed by atoms with Crippen molar-refractivity contribution in [2.75, 3.05) is 11.9 Å². The largest absolute Gasteiger partial charge is 0.492 e. The van der Waals surface area contributed by atoms with E-state index >= 15 is 0 Å². The van der Waals surface area contributed by atoms with Crippen LogP contribution in [0.5, 0.6) is 0 Å². The first kappa shape index (κ1) is 11.9. The van der Waals surface area contributed by atoms with Gasteiger partial charge in [0.1, 0.15) is 6.54 Å². The van der Waals surface area contributed by atoms with Gasteiger partial charge in [-0.3, -0.25) is 4.79 Å². The van der Waals surface area contributed by atoms with Crippen molar-refractivity contribution in [2.24, 2.45) is 0 Å². The predicted octanol–water partition coefficient (Wildman–Crippen LogP) is 0.136. The fraction of sp³-hybridized carbons (Fsp3) is 0.364. The fourth-order valence-corrected chi connectivity index (χ4v) is 2.01. The van der Waals surface area contributed by atoms with E-state index in [1.807, 2.05) is 19.9 Å². The minimum Gasteiger partial charge on any atom is -0.480 e. The second kappa shape index (κ2) is 4.05. The Morgan fingerprint density at radius 3 is 2.88 bits per heavy atom. The quantitative estimate of drug-likeness (QED) is 0.649. The van der Waals surface area contributed by atoms with E-state index in [1.54, 1.807) is 12.1 Å². The van der Waals surface area contributed by atoms with Gasteiger partial charge in [0.25, 0.3) is 0 Å². The maximum absolute atomic E-state index is 10.4. The van der Waals surface area contributed by atoms with Crippen LogP contribution in [-0.2, 0) is 15.0 Å². The number of fused-ring (bicyclic) bond motifs is 1. The topological polar surface area (TPSA) is 78.8 Å². The first-order valence-electron chi connectivity index (χ1n) is 5.36. The van der Waals surface area contributed by atoms with Gasteiger partial charge in [-0.1, -0.05) is 6.07 Å². The molecular weight excluding hydrogens is 221 g/mol. The van der Waals surface area contributed by atoms with Crippen LogP contribution in [0.25, 0.3) is 0 Å². The van der Waals surface area contributed by atoms with E-state index in [2.05, 4.69) is 5.32 Å². The van der Waals surface area contributed by atoms with Crippen molar-refractivity contribution >= 4 is 24.2 Å². The maximum atomic E-state index is 10.4. The van der Waals surface area contributed by atoms with Gasteiger partial charge < -0.3 is 20.1 Å². The molecule has 0 aliphatic carbocycles. The van der Waals surface area contributed by atoms with Crippen molar-refractivity contribution < 1.29 is 19.6 Å². The number of benzene rings is 1. The number of hydrogen-bond acceptors (Lipinski definition) is 4. The first-order chi connectivity index (χ1) is 7.90. The summed E-state index contributed by atoms with van der Waals surface area (Å²) in [5, 5.41) is 21.1. The van der Waals surface area contributed by atoms with Gasteiger partial charge in [-0.25, -0.2) is 0 Å². The van der Waals surface area contributed by atoms with Crippen molar-refractivity contribution in [3.8, 4) is 0 Å². The van der Waals surface area contributed by atoms with Crippen molar-refractivity contribution in [3.63, 3.8) is 0 Å². The lowest BCUT2D eigenvalue weighted by atomic mass is 9.78. The molecule has 1 aliphatic rings. The number of carboxylic acid groups (broad SMARTS) is 1. The lowest BCUT2D eigenvalue weighted by Gasteiger charge is -2.19. The Morgan fingerprint density at radius 2 is 2.24 bits per heavy atom. The van der Waals surface area contributed by atoms with Gasteiger partial charge in [0.05, 0.1) is 5.60 Å². The molecule has 0 aromatic heterocycles. The van der Waals surface area contributed by atoms with Crippen molar-refractivity contribution in [2.45, 2.75) is 19.4 Å². The van der Waals surface area contributed by atoms with Crippen LogP contribution in [0.2, 0.25) is 0 Å². The monoisotopic (exact) mass is 235 g/mol. The van der Waals surface area contributed by atoms with E-state index in [4.69, 9.17) is 9.76 Å². The number of anilines is 1. The molecule has 0 saturated heterocycles. The Kier molecular flexibility index (Phi) is 2.85. The Morgan fingerprint density at radius 1 is 1.53 bits per heavy atom. The number of carbonyl (C=O) groups is 1. The van der Waals surface area contributed by atoms with Crippen molar-refractivity contribution in [3.05, 3.63) is 23.8 Å². The van der Waals surface area contributed by atoms with E-state index in [1.165, 1.54) is 0 Å². The number of hydrogen-bond donors (Lipinski definition) is 3. The van der Waals surface area contributed by atoms with Crippen molar-refractivity contribution in [1.29, 1.82) is 0 Å². The van der Waals surface area contributed by atoms with Crippen LogP contribution in [0.1, 0.15) is 19.4 Å². The van der Waals surface area contributed by atoms with E-state index in [0.717, 1.165) is 5.56 Å². The van der Waals surface area contributed by atoms with Gasteiger partial charge in [0.2, 0.25) is 0 Å². The standard InChI is InChI=1S/C11H14BNO4/c1-11(2)8-4-3-7(13-6-10(14)15)5-9(8)12(16)17-11/h3-5,13,16H,6H2,1-2H3,(H,14,15). The normalized spacial score (nSPS) is 16.8. The summed E-state index contributed by atoms with van der Waals surface area (Å²) in [5.74, 6) is -0.928. The van der Waals surface area contributed by atoms with Crippen LogP contribution < -0.4 is 10.8 Å². The number of nitrogens with one attached hydrogen (secondary N) is 1. The van der Waals surface area contributed by atoms with Gasteiger partial charge in [0.15, 0.2) is 0 Å². The van der Waals surface area contributed by atoms with Gasteiger partial charge in [0, 0.05) is 5.69 Å². The molecule has 3 N–H and O–H groups in total. The zero-order valence-electron chi connectivity index (χ0n) is 9.73. The van der Waals surface area contributed by atoms with Crippen molar-refractivity contribution in [1.82, 2.24) is 0 Å². The molecule has 0 spiro atoms. The molecule has 6 heteroatoms. The zero-order valence-corrected chi connectivity index (χ0v) is 9.73. The lowest BCUT2D eigenvalue weighted by molar-refractivity contribution is -0.134. The second-order valence-electron chi connectivity index (χ2n) is 4.53. The van der Waals surface area contributed by atoms with Crippen LogP contribution in [0.3, 0.4) is 0 Å². The third kappa shape index (κ3) is 2.27. The van der Waals surface area contributed by atoms with E-state index < -0.39 is 18.7 Å². The van der Waals surface area contributed by atoms with E-state index in [-0.39, 0.29) is 6.54 Å². The van der Waals surface area contributed by atoms with Gasteiger partial charge in [-0.05, 0) is 37.0 Å². The molecule has 0 unspecified atom stereocenters. The molecule has 1 aromatic rings. The fourth-order valence-electron chi connectivity index (χ4n) is 2.01. The highest BCUT2D eigenvalue weighted by Gasteiger charge is 2.40. The Bertz CT molecular complexity index is 461. The number of carboxylic acids is 1. The molecule has 2 rings (SSSR count). The smallest absolute Gasteiger partial charge is 0.480 e. The third-order valence-electron chi connectivity index (χ3n) is 2.82. The Hall–Kier alpha value is -1.53. The first-order valence-corrected chi connectivity index (χ1v) is 5.36. The molecule has 1 aliphatic heterocycles. The molecule has 17 heavy (non-hydrogen) atoms. The summed E-state index contributed by atoms with van der Waals surface area (Å²) in [6.45, 7) is 3.61. The zero-order chi connectivity index (χ0) is 12.6. The summed E-state index contributed by atoms with van der Waals surface area (Å²) in [7, 11) is -0.952. The van der Waals surface area contributed by atoms with Crippen LogP contribution in [0.4, 0.5) is 5.69 Å². The highest BCUT2D eigenvalue weighted by atomic mass is 16.5. The third-order valence-corrected chi connectivity index (χ3v) is 2.82. The van der Waals surface area contributed by atoms with Gasteiger partial charge >= 0.3 is 13.1 Å². The van der Waals surface area contributed by atoms with Gasteiger partial charge in [-0.15, -0.1) is 0 Å². The summed E-state index contributed by atoms with van der Waals surface area (Å²) in [6.07, 6.45) is 0. The number of aliphatic carboxylic acids is 1. The average molecular weight is 235 g/mol. The average Bonchev–Trinajstić information content (AvgIpc) is 2.46. The molecule has 0 amide bonds. The summed E-state index contributed by atoms with van der Waals surface area (Å²) in [4.78, 5) is 10.4. The molecule has 0 bridgehead atoms. The lowest BCUT2D eigenvalue weighted by Crippen LogP contribution is -2.29. The van der Waals surface area contributed by atoms with E-state index in [9.17, 15) is 9.82 Å². The maximum Gasteiger partial charge on any atom is 0.492 e. The molecule has 90 valence electrons. The molecule has 0 atom stereocenters. The molecule has 0 saturated carbocycles. The molecule has 0 radical (unpaired) electrons. The molecule has 1 heterocycles. The van der Waals surface area contributed by atoms with E-state index in [0.29, 0.717) is 11.2 Å². The highest BCUT2D eigenvalue weighted by molar-refractivity contribution is 6.62. The Balaban J connectivity index is 2.26. The van der Waals surface area contributed by atoms with Crippen LogP contribution in [-0.4, -0.2) is 29.8 Å². The SMILES string of the molecule is CC1(C)OB(O)c2cc(NCC(=O)O)ccc21. The highest BCUT2D eigenvalue weighted by Crippen LogP contribution is 2.30. The molecule has 0 fully saturated rings. The summed E-state index contributed by atoms with van der Waals surface area (Å²) < 4.78 is 5.41. The summed E-state index contributed by atoms with van der Waals surface area (Å²) in [5.41, 5.74) is 1.75. The number of rotatable bonds is 3. The molecular formula is C11H14BNO4. The summed E-state index contributed by atoms with van der Waals surface area (Å²) in [6, 6.07) is 5.35. The van der Waals surface area contributed by atoms with Crippen LogP contribution in [0.15, 0.2) is 18.2 Å². The van der Waals surface area contributed by atoms with Crippen LogP contribution >= 0.6 is 0 Å². The molecule has 1 aromatic carbocycles. The van der Waals surface area contributed by atoms with Gasteiger partial charge in [-0.2, -0.15) is 0 Å². The minimum absolute atomic E-state index is 0.154. The minimum atomic E-state index is -0.952. The summed E-state index contributed by atoms with van der Waals surface area (Å²) >= 11 is 0. The Labute approximate surface area is 99.6 Å². The molecule has 5 nitrogen and oxygen atoms in total. The van der Waals surface area contributed by atoms with Crippen LogP contribution in [0, 0.1) is 0 Å². The predicted molar refractivity (Wildman–Crippen MR) is 64.3 cm³/mol.